The quantitative estimate of drug-likeness (QED) is 0.406. The molecule has 0 radical (unpaired) electrons. The summed E-state index contributed by atoms with van der Waals surface area (Å²) in [6.07, 6.45) is 3.03. The minimum Gasteiger partial charge on any atom is -0.411 e. The molecule has 1 N–H and O–H groups in total. The minimum atomic E-state index is 0.681. The van der Waals surface area contributed by atoms with Gasteiger partial charge in [-0.2, -0.15) is 0 Å². The van der Waals surface area contributed by atoms with Crippen LogP contribution in [0, 0.1) is 0 Å². The number of pyridine rings is 1. The van der Waals surface area contributed by atoms with E-state index in [1.54, 1.807) is 6.20 Å². The second-order valence-corrected chi connectivity index (χ2v) is 2.66. The first-order valence-electron chi connectivity index (χ1n) is 3.93. The summed E-state index contributed by atoms with van der Waals surface area (Å²) in [7, 11) is 0. The Balaban J connectivity index is 2.75. The smallest absolute Gasteiger partial charge is 0.0924 e. The van der Waals surface area contributed by atoms with Crippen molar-refractivity contribution in [3.8, 4) is 0 Å². The number of hydrogen-bond donors (Lipinski definition) is 1. The summed E-state index contributed by atoms with van der Waals surface area (Å²) in [4.78, 5) is 4.09. The van der Waals surface area contributed by atoms with Gasteiger partial charge >= 0.3 is 0 Å². The van der Waals surface area contributed by atoms with E-state index in [1.165, 1.54) is 6.21 Å². The third-order valence-electron chi connectivity index (χ3n) is 1.88. The molecule has 2 rings (SSSR count). The molecule has 64 valence electrons. The van der Waals surface area contributed by atoms with Crippen LogP contribution in [0.1, 0.15) is 5.69 Å². The first-order valence-corrected chi connectivity index (χ1v) is 3.93. The maximum Gasteiger partial charge on any atom is 0.0924 e. The van der Waals surface area contributed by atoms with Crippen LogP contribution in [0.25, 0.3) is 10.8 Å². The molecular weight excluding hydrogens is 164 g/mol. The second-order valence-electron chi connectivity index (χ2n) is 2.66. The van der Waals surface area contributed by atoms with Gasteiger partial charge in [0.2, 0.25) is 0 Å². The van der Waals surface area contributed by atoms with E-state index in [-0.39, 0.29) is 0 Å². The fourth-order valence-electron chi connectivity index (χ4n) is 1.30. The Morgan fingerprint density at radius 1 is 1.23 bits per heavy atom. The Morgan fingerprint density at radius 3 is 2.92 bits per heavy atom. The van der Waals surface area contributed by atoms with Crippen LogP contribution < -0.4 is 0 Å². The summed E-state index contributed by atoms with van der Waals surface area (Å²) in [5.74, 6) is 0. The van der Waals surface area contributed by atoms with Gasteiger partial charge in [-0.1, -0.05) is 29.4 Å². The van der Waals surface area contributed by atoms with E-state index in [0.717, 1.165) is 10.8 Å². The van der Waals surface area contributed by atoms with Crippen molar-refractivity contribution in [1.82, 2.24) is 4.98 Å². The van der Waals surface area contributed by atoms with Gasteiger partial charge in [0.25, 0.3) is 0 Å². The predicted octanol–water partition coefficient (Wildman–Crippen LogP) is 2.04. The largest absolute Gasteiger partial charge is 0.411 e. The second kappa shape index (κ2) is 3.23. The van der Waals surface area contributed by atoms with Crippen molar-refractivity contribution in [2.45, 2.75) is 0 Å². The zero-order valence-electron chi connectivity index (χ0n) is 6.88. The predicted molar refractivity (Wildman–Crippen MR) is 51.1 cm³/mol. The van der Waals surface area contributed by atoms with Crippen LogP contribution in [-0.2, 0) is 0 Å². The van der Waals surface area contributed by atoms with Crippen LogP contribution in [0.2, 0.25) is 0 Å². The van der Waals surface area contributed by atoms with Crippen LogP contribution in [-0.4, -0.2) is 16.4 Å². The molecule has 0 fully saturated rings. The Hall–Kier alpha value is -1.90. The monoisotopic (exact) mass is 172 g/mol. The lowest BCUT2D eigenvalue weighted by Gasteiger charge is -1.98. The Labute approximate surface area is 75.3 Å². The third kappa shape index (κ3) is 1.36. The van der Waals surface area contributed by atoms with Crippen molar-refractivity contribution in [2.24, 2.45) is 5.16 Å². The number of nitrogens with zero attached hydrogens (tertiary/aromatic N) is 2. The Morgan fingerprint density at radius 2 is 2.08 bits per heavy atom. The van der Waals surface area contributed by atoms with Gasteiger partial charge in [0.1, 0.15) is 0 Å². The highest BCUT2D eigenvalue weighted by atomic mass is 16.4. The van der Waals surface area contributed by atoms with Crippen molar-refractivity contribution in [2.75, 3.05) is 0 Å². The average molecular weight is 172 g/mol. The molecule has 3 nitrogen and oxygen atoms in total. The summed E-state index contributed by atoms with van der Waals surface area (Å²) in [5.41, 5.74) is 0.681. The van der Waals surface area contributed by atoms with Gasteiger partial charge in [0.05, 0.1) is 11.9 Å². The van der Waals surface area contributed by atoms with Crippen molar-refractivity contribution in [3.05, 3.63) is 42.2 Å². The molecule has 0 saturated heterocycles. The summed E-state index contributed by atoms with van der Waals surface area (Å²) >= 11 is 0. The first-order chi connectivity index (χ1) is 6.42. The van der Waals surface area contributed by atoms with Gasteiger partial charge in [-0.15, -0.1) is 0 Å². The van der Waals surface area contributed by atoms with Crippen molar-refractivity contribution < 1.29 is 5.21 Å². The normalized spacial score (nSPS) is 11.1. The molecule has 0 amide bonds. The van der Waals surface area contributed by atoms with Crippen LogP contribution in [0.15, 0.2) is 41.7 Å². The number of benzene rings is 1. The summed E-state index contributed by atoms with van der Waals surface area (Å²) in [6, 6.07) is 9.75. The van der Waals surface area contributed by atoms with E-state index >= 15 is 0 Å². The standard InChI is InChI=1S/C10H8N2O/c13-12-7-10-9-4-2-1-3-8(9)5-6-11-10/h1-7,13H/b12-7+. The maximum atomic E-state index is 8.41. The first kappa shape index (κ1) is 7.73. The molecule has 0 saturated carbocycles. The van der Waals surface area contributed by atoms with Gasteiger partial charge in [-0.25, -0.2) is 0 Å². The zero-order valence-corrected chi connectivity index (χ0v) is 6.88. The third-order valence-corrected chi connectivity index (χ3v) is 1.88. The summed E-state index contributed by atoms with van der Waals surface area (Å²) in [5, 5.41) is 13.5. The van der Waals surface area contributed by atoms with Crippen molar-refractivity contribution >= 4 is 17.0 Å². The van der Waals surface area contributed by atoms with E-state index in [2.05, 4.69) is 10.1 Å². The number of rotatable bonds is 1. The molecule has 3 heteroatoms. The van der Waals surface area contributed by atoms with E-state index in [1.807, 2.05) is 30.3 Å². The number of fused-ring (bicyclic) bond motifs is 1. The summed E-state index contributed by atoms with van der Waals surface area (Å²) < 4.78 is 0. The van der Waals surface area contributed by atoms with Gasteiger partial charge in [0.15, 0.2) is 0 Å². The molecule has 1 heterocycles. The lowest BCUT2D eigenvalue weighted by Crippen LogP contribution is -1.88. The van der Waals surface area contributed by atoms with Crippen LogP contribution >= 0.6 is 0 Å². The van der Waals surface area contributed by atoms with Crippen molar-refractivity contribution in [3.63, 3.8) is 0 Å². The SMILES string of the molecule is O/N=C/c1nccc2ccccc12. The molecule has 0 atom stereocenters. The number of hydrogen-bond acceptors (Lipinski definition) is 3. The Kier molecular flexibility index (Phi) is 1.92. The highest BCUT2D eigenvalue weighted by Crippen LogP contribution is 2.14. The van der Waals surface area contributed by atoms with E-state index in [9.17, 15) is 0 Å². The van der Waals surface area contributed by atoms with E-state index in [4.69, 9.17) is 5.21 Å². The Bertz CT molecular complexity index is 446. The summed E-state index contributed by atoms with van der Waals surface area (Å²) in [6.45, 7) is 0. The average Bonchev–Trinajstić information content (AvgIpc) is 2.19. The molecule has 0 aliphatic carbocycles. The topological polar surface area (TPSA) is 45.5 Å². The number of aromatic nitrogens is 1. The molecule has 0 unspecified atom stereocenters. The molecule has 0 aliphatic rings. The fourth-order valence-corrected chi connectivity index (χ4v) is 1.30. The lowest BCUT2D eigenvalue weighted by molar-refractivity contribution is 0.321. The molecule has 1 aromatic carbocycles. The zero-order chi connectivity index (χ0) is 9.10. The molecule has 13 heavy (non-hydrogen) atoms. The molecule has 1 aromatic heterocycles. The lowest BCUT2D eigenvalue weighted by atomic mass is 10.1. The molecule has 0 spiro atoms. The van der Waals surface area contributed by atoms with Crippen molar-refractivity contribution in [1.29, 1.82) is 0 Å². The van der Waals surface area contributed by atoms with Gasteiger partial charge in [-0.3, -0.25) is 4.98 Å². The fraction of sp³-hybridized carbons (Fsp3) is 0. The van der Waals surface area contributed by atoms with Gasteiger partial charge in [-0.05, 0) is 11.5 Å². The minimum absolute atomic E-state index is 0.681. The van der Waals surface area contributed by atoms with E-state index < -0.39 is 0 Å². The van der Waals surface area contributed by atoms with Crippen LogP contribution in [0.3, 0.4) is 0 Å². The molecule has 0 aliphatic heterocycles. The van der Waals surface area contributed by atoms with Crippen LogP contribution in [0.5, 0.6) is 0 Å². The highest BCUT2D eigenvalue weighted by Gasteiger charge is 1.97. The number of oxime groups is 1. The molecular formula is C10H8N2O. The van der Waals surface area contributed by atoms with Gasteiger partial charge in [0, 0.05) is 11.6 Å². The van der Waals surface area contributed by atoms with Gasteiger partial charge < -0.3 is 5.21 Å². The highest BCUT2D eigenvalue weighted by molar-refractivity contribution is 5.97. The molecule has 2 aromatic rings. The van der Waals surface area contributed by atoms with Crippen LogP contribution in [0.4, 0.5) is 0 Å². The molecule has 0 bridgehead atoms. The maximum absolute atomic E-state index is 8.41. The van der Waals surface area contributed by atoms with E-state index in [0.29, 0.717) is 5.69 Å².